The molecule has 142 valence electrons. The Morgan fingerprint density at radius 3 is 2.67 bits per heavy atom. The third kappa shape index (κ3) is 6.53. The fourth-order valence-corrected chi connectivity index (χ4v) is 4.26. The molecule has 0 radical (unpaired) electrons. The second-order valence-electron chi connectivity index (χ2n) is 6.50. The molecule has 1 unspecified atom stereocenters. The summed E-state index contributed by atoms with van der Waals surface area (Å²) in [5.41, 5.74) is 0. The van der Waals surface area contributed by atoms with Gasteiger partial charge in [0.15, 0.2) is 5.96 Å². The van der Waals surface area contributed by atoms with Crippen LogP contribution in [0.25, 0.3) is 0 Å². The number of aliphatic imine (C=N–C) groups is 1. The minimum Gasteiger partial charge on any atom is -0.381 e. The summed E-state index contributed by atoms with van der Waals surface area (Å²) in [5.74, 6) is 0.968. The number of guanidine groups is 1. The van der Waals surface area contributed by atoms with Gasteiger partial charge in [0, 0.05) is 37.1 Å². The SMILES string of the molecule is CCNC(=NCC1(SC)CCOCC1)NCC1CCCN1CC.I. The van der Waals surface area contributed by atoms with Crippen LogP contribution in [0.5, 0.6) is 0 Å². The minimum absolute atomic E-state index is 0. The molecule has 0 bridgehead atoms. The molecule has 0 aliphatic carbocycles. The van der Waals surface area contributed by atoms with Crippen molar-refractivity contribution in [3.05, 3.63) is 0 Å². The Morgan fingerprint density at radius 1 is 1.29 bits per heavy atom. The fraction of sp³-hybridized carbons (Fsp3) is 0.941. The summed E-state index contributed by atoms with van der Waals surface area (Å²) >= 11 is 1.95. The zero-order valence-corrected chi connectivity index (χ0v) is 18.6. The molecular formula is C17H35IN4OS. The highest BCUT2D eigenvalue weighted by atomic mass is 127. The molecule has 0 amide bonds. The van der Waals surface area contributed by atoms with Crippen LogP contribution in [0.2, 0.25) is 0 Å². The minimum atomic E-state index is 0. The van der Waals surface area contributed by atoms with Crippen LogP contribution < -0.4 is 10.6 Å². The number of ether oxygens (including phenoxy) is 1. The van der Waals surface area contributed by atoms with Gasteiger partial charge >= 0.3 is 0 Å². The Hall–Kier alpha value is 0.270. The van der Waals surface area contributed by atoms with E-state index < -0.39 is 0 Å². The monoisotopic (exact) mass is 470 g/mol. The van der Waals surface area contributed by atoms with Crippen molar-refractivity contribution >= 4 is 41.7 Å². The normalized spacial score (nSPS) is 24.5. The lowest BCUT2D eigenvalue weighted by molar-refractivity contribution is 0.0794. The van der Waals surface area contributed by atoms with Crippen LogP contribution in [0.1, 0.15) is 39.5 Å². The first kappa shape index (κ1) is 22.3. The van der Waals surface area contributed by atoms with E-state index in [1.54, 1.807) is 0 Å². The van der Waals surface area contributed by atoms with Crippen molar-refractivity contribution in [1.82, 2.24) is 15.5 Å². The summed E-state index contributed by atoms with van der Waals surface area (Å²) in [5, 5.41) is 6.96. The third-order valence-electron chi connectivity index (χ3n) is 5.12. The fourth-order valence-electron chi connectivity index (χ4n) is 3.49. The van der Waals surface area contributed by atoms with Crippen molar-refractivity contribution in [2.75, 3.05) is 52.2 Å². The topological polar surface area (TPSA) is 48.9 Å². The first-order valence-corrected chi connectivity index (χ1v) is 10.3. The Kier molecular flexibility index (Phi) is 11.0. The van der Waals surface area contributed by atoms with Gasteiger partial charge in [-0.15, -0.1) is 24.0 Å². The number of halogens is 1. The molecule has 2 saturated heterocycles. The average molecular weight is 470 g/mol. The zero-order chi connectivity index (χ0) is 16.5. The van der Waals surface area contributed by atoms with Crippen LogP contribution in [0.15, 0.2) is 4.99 Å². The van der Waals surface area contributed by atoms with Crippen LogP contribution in [0.3, 0.4) is 0 Å². The maximum atomic E-state index is 5.52. The van der Waals surface area contributed by atoms with E-state index in [9.17, 15) is 0 Å². The molecule has 0 aromatic carbocycles. The second kappa shape index (κ2) is 11.8. The highest BCUT2D eigenvalue weighted by Gasteiger charge is 2.31. The van der Waals surface area contributed by atoms with Gasteiger partial charge in [0.05, 0.1) is 6.54 Å². The van der Waals surface area contributed by atoms with Crippen molar-refractivity contribution in [3.63, 3.8) is 0 Å². The van der Waals surface area contributed by atoms with E-state index in [1.165, 1.54) is 19.4 Å². The van der Waals surface area contributed by atoms with E-state index in [2.05, 4.69) is 35.6 Å². The van der Waals surface area contributed by atoms with Crippen molar-refractivity contribution < 1.29 is 4.74 Å². The lowest BCUT2D eigenvalue weighted by Crippen LogP contribution is -2.45. The molecule has 7 heteroatoms. The summed E-state index contributed by atoms with van der Waals surface area (Å²) in [6.45, 7) is 11.3. The summed E-state index contributed by atoms with van der Waals surface area (Å²) in [6, 6.07) is 0.654. The second-order valence-corrected chi connectivity index (χ2v) is 7.77. The van der Waals surface area contributed by atoms with Gasteiger partial charge in [0.1, 0.15) is 0 Å². The molecule has 5 nitrogen and oxygen atoms in total. The summed E-state index contributed by atoms with van der Waals surface area (Å²) in [4.78, 5) is 7.46. The van der Waals surface area contributed by atoms with Gasteiger partial charge in [0.25, 0.3) is 0 Å². The standard InChI is InChI=1S/C17H34N4OS.HI/c1-4-18-16(19-13-15-7-6-10-21(15)5-2)20-14-17(23-3)8-11-22-12-9-17;/h15H,4-14H2,1-3H3,(H2,18,19,20);1H. The lowest BCUT2D eigenvalue weighted by Gasteiger charge is -2.34. The van der Waals surface area contributed by atoms with Gasteiger partial charge in [0.2, 0.25) is 0 Å². The number of hydrogen-bond donors (Lipinski definition) is 2. The molecule has 2 N–H and O–H groups in total. The van der Waals surface area contributed by atoms with Gasteiger partial charge in [-0.3, -0.25) is 9.89 Å². The molecule has 1 atom stereocenters. The predicted octanol–water partition coefficient (Wildman–Crippen LogP) is 2.56. The molecule has 2 heterocycles. The van der Waals surface area contributed by atoms with E-state index in [-0.39, 0.29) is 28.7 Å². The molecule has 2 rings (SSSR count). The largest absolute Gasteiger partial charge is 0.381 e. The van der Waals surface area contributed by atoms with Crippen LogP contribution in [-0.4, -0.2) is 73.8 Å². The van der Waals surface area contributed by atoms with Crippen LogP contribution in [0.4, 0.5) is 0 Å². The van der Waals surface area contributed by atoms with Gasteiger partial charge in [-0.25, -0.2) is 0 Å². The first-order chi connectivity index (χ1) is 11.2. The molecule has 0 spiro atoms. The van der Waals surface area contributed by atoms with Crippen molar-refractivity contribution in [3.8, 4) is 0 Å². The van der Waals surface area contributed by atoms with Crippen molar-refractivity contribution in [2.24, 2.45) is 4.99 Å². The van der Waals surface area contributed by atoms with Gasteiger partial charge < -0.3 is 15.4 Å². The lowest BCUT2D eigenvalue weighted by atomic mass is 9.99. The predicted molar refractivity (Wildman–Crippen MR) is 116 cm³/mol. The number of rotatable bonds is 7. The highest BCUT2D eigenvalue weighted by Crippen LogP contribution is 2.33. The molecule has 0 saturated carbocycles. The average Bonchev–Trinajstić information content (AvgIpc) is 3.06. The number of likely N-dealkylation sites (tertiary alicyclic amines) is 1. The molecule has 24 heavy (non-hydrogen) atoms. The number of thioether (sulfide) groups is 1. The number of nitrogens with zero attached hydrogens (tertiary/aromatic N) is 2. The van der Waals surface area contributed by atoms with E-state index in [0.717, 1.165) is 58.2 Å². The van der Waals surface area contributed by atoms with E-state index in [1.807, 2.05) is 11.8 Å². The van der Waals surface area contributed by atoms with E-state index in [4.69, 9.17) is 9.73 Å². The van der Waals surface area contributed by atoms with Gasteiger partial charge in [-0.1, -0.05) is 6.92 Å². The summed E-state index contributed by atoms with van der Waals surface area (Å²) < 4.78 is 5.77. The Balaban J connectivity index is 0.00000288. The quantitative estimate of drug-likeness (QED) is 0.340. The maximum Gasteiger partial charge on any atom is 0.191 e. The molecule has 0 aromatic heterocycles. The molecule has 2 aliphatic heterocycles. The van der Waals surface area contributed by atoms with Crippen molar-refractivity contribution in [1.29, 1.82) is 0 Å². The van der Waals surface area contributed by atoms with Crippen LogP contribution >= 0.6 is 35.7 Å². The van der Waals surface area contributed by atoms with E-state index in [0.29, 0.717) is 6.04 Å². The third-order valence-corrected chi connectivity index (χ3v) is 6.52. The van der Waals surface area contributed by atoms with E-state index >= 15 is 0 Å². The van der Waals surface area contributed by atoms with Crippen molar-refractivity contribution in [2.45, 2.75) is 50.3 Å². The molecular weight excluding hydrogens is 435 g/mol. The number of likely N-dealkylation sites (N-methyl/N-ethyl adjacent to an activating group) is 1. The Labute approximate surface area is 169 Å². The number of nitrogens with one attached hydrogen (secondary N) is 2. The van der Waals surface area contributed by atoms with Crippen LogP contribution in [0, 0.1) is 0 Å². The summed E-state index contributed by atoms with van der Waals surface area (Å²) in [7, 11) is 0. The Morgan fingerprint density at radius 2 is 2.04 bits per heavy atom. The zero-order valence-electron chi connectivity index (χ0n) is 15.5. The molecule has 2 fully saturated rings. The highest BCUT2D eigenvalue weighted by molar-refractivity contribution is 14.0. The maximum absolute atomic E-state index is 5.52. The first-order valence-electron chi connectivity index (χ1n) is 9.12. The smallest absolute Gasteiger partial charge is 0.191 e. The molecule has 0 aromatic rings. The Bertz CT molecular complexity index is 378. The van der Waals surface area contributed by atoms with Gasteiger partial charge in [-0.05, 0) is 52.0 Å². The number of hydrogen-bond acceptors (Lipinski definition) is 4. The summed E-state index contributed by atoms with van der Waals surface area (Å²) in [6.07, 6.45) is 7.03. The van der Waals surface area contributed by atoms with Crippen LogP contribution in [-0.2, 0) is 4.74 Å². The molecule has 2 aliphatic rings. The van der Waals surface area contributed by atoms with Gasteiger partial charge in [-0.2, -0.15) is 11.8 Å².